The summed E-state index contributed by atoms with van der Waals surface area (Å²) in [5, 5.41) is 3.65. The smallest absolute Gasteiger partial charge is 0.341 e. The summed E-state index contributed by atoms with van der Waals surface area (Å²) in [6.45, 7) is 10.8. The van der Waals surface area contributed by atoms with Gasteiger partial charge in [0, 0.05) is 30.1 Å². The molecule has 2 aromatic rings. The first kappa shape index (κ1) is 22.7. The monoisotopic (exact) mass is 449 g/mol. The summed E-state index contributed by atoms with van der Waals surface area (Å²) >= 11 is 1.45. The summed E-state index contributed by atoms with van der Waals surface area (Å²) < 4.78 is 6.18. The predicted molar refractivity (Wildman–Crippen MR) is 115 cm³/mol. The Morgan fingerprint density at radius 3 is 2.37 bits per heavy atom. The summed E-state index contributed by atoms with van der Waals surface area (Å²) in [5.41, 5.74) is 2.28. The van der Waals surface area contributed by atoms with E-state index >= 15 is 0 Å². The molecule has 6 nitrogen and oxygen atoms in total. The maximum Gasteiger partial charge on any atom is 0.341 e. The van der Waals surface area contributed by atoms with E-state index in [1.165, 1.54) is 11.3 Å². The molecule has 0 spiro atoms. The quantitative estimate of drug-likeness (QED) is 0.498. The number of nitrogens with zero attached hydrogens (tertiary/aromatic N) is 2. The maximum atomic E-state index is 13.0. The van der Waals surface area contributed by atoms with Crippen molar-refractivity contribution in [3.63, 3.8) is 0 Å². The van der Waals surface area contributed by atoms with Gasteiger partial charge in [-0.25, -0.2) is 4.79 Å². The zero-order chi connectivity index (χ0) is 20.4. The molecule has 0 radical (unpaired) electrons. The van der Waals surface area contributed by atoms with Gasteiger partial charge in [-0.05, 0) is 19.4 Å². The predicted octanol–water partition coefficient (Wildman–Crippen LogP) is -0.0113. The molecule has 2 bridgehead atoms. The molecular weight excluding hydrogens is 422 g/mol. The molecule has 1 aromatic heterocycles. The number of halogens is 1. The minimum Gasteiger partial charge on any atom is -1.00 e. The van der Waals surface area contributed by atoms with Gasteiger partial charge >= 0.3 is 5.97 Å². The van der Waals surface area contributed by atoms with E-state index in [0.717, 1.165) is 59.8 Å². The lowest BCUT2D eigenvalue weighted by atomic mass is 10.0. The number of carbonyl (C=O) groups is 2. The molecule has 1 N–H and O–H groups in total. The second kappa shape index (κ2) is 9.47. The number of hydrogen-bond donors (Lipinski definition) is 1. The van der Waals surface area contributed by atoms with Crippen LogP contribution in [0.4, 0.5) is 5.00 Å². The van der Waals surface area contributed by atoms with Gasteiger partial charge in [-0.15, -0.1) is 11.3 Å². The molecule has 0 aliphatic carbocycles. The number of esters is 1. The van der Waals surface area contributed by atoms with Gasteiger partial charge < -0.3 is 26.9 Å². The van der Waals surface area contributed by atoms with Crippen LogP contribution < -0.4 is 17.7 Å². The Balaban J connectivity index is 0.00000256. The minimum absolute atomic E-state index is 0. The molecule has 5 rings (SSSR count). The summed E-state index contributed by atoms with van der Waals surface area (Å²) in [5.74, 6) is -0.406. The number of nitrogens with one attached hydrogen (secondary N) is 1. The molecule has 0 unspecified atom stereocenters. The lowest BCUT2D eigenvalue weighted by molar-refractivity contribution is -0.933. The highest BCUT2D eigenvalue weighted by Gasteiger charge is 2.40. The zero-order valence-electron chi connectivity index (χ0n) is 17.4. The number of fused-ring (bicyclic) bond motifs is 3. The molecule has 3 fully saturated rings. The first-order chi connectivity index (χ1) is 14.0. The van der Waals surface area contributed by atoms with Crippen LogP contribution in [0.15, 0.2) is 30.3 Å². The third kappa shape index (κ3) is 4.54. The van der Waals surface area contributed by atoms with Crippen molar-refractivity contribution in [2.24, 2.45) is 0 Å². The van der Waals surface area contributed by atoms with Gasteiger partial charge in [0.05, 0.1) is 26.2 Å². The van der Waals surface area contributed by atoms with Crippen molar-refractivity contribution in [1.29, 1.82) is 0 Å². The molecule has 30 heavy (non-hydrogen) atoms. The summed E-state index contributed by atoms with van der Waals surface area (Å²) in [6, 6.07) is 9.81. The Labute approximate surface area is 187 Å². The van der Waals surface area contributed by atoms with Crippen molar-refractivity contribution >= 4 is 28.2 Å². The van der Waals surface area contributed by atoms with E-state index in [9.17, 15) is 9.59 Å². The normalized spacial score (nSPS) is 22.3. The number of hydrogen-bond acceptors (Lipinski definition) is 5. The number of benzene rings is 1. The molecule has 3 saturated heterocycles. The number of quaternary nitrogens is 1. The van der Waals surface area contributed by atoms with E-state index in [-0.39, 0.29) is 24.3 Å². The van der Waals surface area contributed by atoms with E-state index in [4.69, 9.17) is 4.74 Å². The van der Waals surface area contributed by atoms with Crippen molar-refractivity contribution in [2.75, 3.05) is 57.7 Å². The Bertz CT molecular complexity index is 894. The second-order valence-electron chi connectivity index (χ2n) is 7.88. The van der Waals surface area contributed by atoms with Crippen LogP contribution in [-0.4, -0.2) is 73.7 Å². The van der Waals surface area contributed by atoms with Crippen molar-refractivity contribution in [1.82, 2.24) is 4.90 Å². The Kier molecular flexibility index (Phi) is 7.18. The fraction of sp³-hybridized carbons (Fsp3) is 0.455. The number of carbonyl (C=O) groups excluding carboxylic acids is 2. The van der Waals surface area contributed by atoms with Gasteiger partial charge in [-0.2, -0.15) is 0 Å². The van der Waals surface area contributed by atoms with Crippen LogP contribution in [0.1, 0.15) is 22.2 Å². The molecule has 0 saturated carbocycles. The van der Waals surface area contributed by atoms with Crippen LogP contribution in [0.3, 0.4) is 0 Å². The number of piperazine rings is 3. The number of aryl methyl sites for hydroxylation is 1. The third-order valence-corrected chi connectivity index (χ3v) is 7.05. The van der Waals surface area contributed by atoms with Gasteiger partial charge in [0.15, 0.2) is 6.54 Å². The van der Waals surface area contributed by atoms with Gasteiger partial charge in [-0.1, -0.05) is 30.3 Å². The minimum atomic E-state index is -0.385. The fourth-order valence-electron chi connectivity index (χ4n) is 4.42. The van der Waals surface area contributed by atoms with Crippen molar-refractivity contribution < 1.29 is 31.2 Å². The van der Waals surface area contributed by atoms with Crippen LogP contribution in [0.5, 0.6) is 0 Å². The standard InChI is InChI=1S/C22H27N3O3S.ClH/c1-3-28-22(27)20-19(17-7-5-4-6-8-17)16(2)29-21(20)23-18(26)15-25-12-9-24(10-13-25)11-14-25;/h4-8H,3,9-15H2,1-2H3;1H. The van der Waals surface area contributed by atoms with Gasteiger partial charge in [0.25, 0.3) is 5.91 Å². The molecule has 4 heterocycles. The molecule has 3 aliphatic heterocycles. The highest BCUT2D eigenvalue weighted by atomic mass is 35.5. The molecule has 8 heteroatoms. The summed E-state index contributed by atoms with van der Waals surface area (Å²) in [4.78, 5) is 29.2. The second-order valence-corrected chi connectivity index (χ2v) is 9.11. The average molecular weight is 450 g/mol. The van der Waals surface area contributed by atoms with Crippen LogP contribution in [-0.2, 0) is 9.53 Å². The Hall–Kier alpha value is -1.93. The van der Waals surface area contributed by atoms with E-state index in [0.29, 0.717) is 23.7 Å². The summed E-state index contributed by atoms with van der Waals surface area (Å²) in [6.07, 6.45) is 0. The molecule has 1 amide bonds. The van der Waals surface area contributed by atoms with Gasteiger partial charge in [0.1, 0.15) is 10.6 Å². The topological polar surface area (TPSA) is 58.6 Å². The third-order valence-electron chi connectivity index (χ3n) is 6.03. The molecular formula is C22H28ClN3O3S. The van der Waals surface area contributed by atoms with Crippen LogP contribution in [0.2, 0.25) is 0 Å². The van der Waals surface area contributed by atoms with Gasteiger partial charge in [-0.3, -0.25) is 9.69 Å². The highest BCUT2D eigenvalue weighted by Crippen LogP contribution is 2.40. The lowest BCUT2D eigenvalue weighted by Gasteiger charge is -2.50. The molecule has 1 aromatic carbocycles. The maximum absolute atomic E-state index is 13.0. The number of ether oxygens (including phenoxy) is 1. The van der Waals surface area contributed by atoms with Crippen LogP contribution in [0.25, 0.3) is 11.1 Å². The summed E-state index contributed by atoms with van der Waals surface area (Å²) in [7, 11) is 0. The first-order valence-corrected chi connectivity index (χ1v) is 11.1. The average Bonchev–Trinajstić information content (AvgIpc) is 3.05. The molecule has 162 valence electrons. The zero-order valence-corrected chi connectivity index (χ0v) is 19.0. The molecule has 0 atom stereocenters. The van der Waals surface area contributed by atoms with E-state index < -0.39 is 0 Å². The first-order valence-electron chi connectivity index (χ1n) is 10.2. The largest absolute Gasteiger partial charge is 1.00 e. The number of rotatable bonds is 6. The number of amides is 1. The lowest BCUT2D eigenvalue weighted by Crippen LogP contribution is -3.00. The van der Waals surface area contributed by atoms with E-state index in [1.54, 1.807) is 6.92 Å². The van der Waals surface area contributed by atoms with E-state index in [1.807, 2.05) is 37.3 Å². The highest BCUT2D eigenvalue weighted by molar-refractivity contribution is 7.17. The molecule has 3 aliphatic rings. The van der Waals surface area contributed by atoms with Crippen molar-refractivity contribution in [3.8, 4) is 11.1 Å². The Morgan fingerprint density at radius 1 is 1.13 bits per heavy atom. The van der Waals surface area contributed by atoms with Crippen LogP contribution in [0, 0.1) is 6.92 Å². The van der Waals surface area contributed by atoms with Crippen LogP contribution >= 0.6 is 11.3 Å². The Morgan fingerprint density at radius 2 is 1.77 bits per heavy atom. The van der Waals surface area contributed by atoms with Crippen molar-refractivity contribution in [2.45, 2.75) is 13.8 Å². The number of thiophene rings is 1. The number of anilines is 1. The van der Waals surface area contributed by atoms with Crippen molar-refractivity contribution in [3.05, 3.63) is 40.8 Å². The fourth-order valence-corrected chi connectivity index (χ4v) is 5.50. The van der Waals surface area contributed by atoms with Gasteiger partial charge in [0.2, 0.25) is 0 Å². The van der Waals surface area contributed by atoms with E-state index in [2.05, 4.69) is 10.2 Å². The SMILES string of the molecule is CCOC(=O)c1c(NC(=O)C[N+]23CCN(CC2)CC3)sc(C)c1-c1ccccc1.[Cl-].